The average molecular weight is 378 g/mol. The molecule has 0 N–H and O–H groups in total. The third-order valence-electron chi connectivity index (χ3n) is 4.57. The summed E-state index contributed by atoms with van der Waals surface area (Å²) in [5.74, 6) is -0.00459. The number of nitrogens with zero attached hydrogens (tertiary/aromatic N) is 2. The number of aryl methyl sites for hydroxylation is 3. The number of rotatable bonds is 5. The van der Waals surface area contributed by atoms with Crippen LogP contribution in [0.2, 0.25) is 0 Å². The van der Waals surface area contributed by atoms with Crippen LogP contribution in [0.3, 0.4) is 0 Å². The van der Waals surface area contributed by atoms with Crippen molar-refractivity contribution in [2.75, 3.05) is 0 Å². The summed E-state index contributed by atoms with van der Waals surface area (Å²) in [6, 6.07) is 13.4. The van der Waals surface area contributed by atoms with E-state index in [9.17, 15) is 9.59 Å². The van der Waals surface area contributed by atoms with Crippen molar-refractivity contribution >= 4 is 17.5 Å². The predicted octanol–water partition coefficient (Wildman–Crippen LogP) is 4.52. The van der Waals surface area contributed by atoms with Crippen LogP contribution < -0.4 is 5.56 Å². The summed E-state index contributed by atoms with van der Waals surface area (Å²) in [6.45, 7) is 7.82. The molecular formula is C22H22N2O2S. The summed E-state index contributed by atoms with van der Waals surface area (Å²) < 4.78 is 1.56. The van der Waals surface area contributed by atoms with Gasteiger partial charge in [-0.3, -0.25) is 14.2 Å². The minimum atomic E-state index is -0.402. The fourth-order valence-corrected chi connectivity index (χ4v) is 3.63. The summed E-state index contributed by atoms with van der Waals surface area (Å²) in [5.41, 5.74) is 4.58. The minimum Gasteiger partial charge on any atom is -0.293 e. The Bertz CT molecular complexity index is 1040. The van der Waals surface area contributed by atoms with E-state index in [0.29, 0.717) is 10.6 Å². The number of thioether (sulfide) groups is 1. The summed E-state index contributed by atoms with van der Waals surface area (Å²) in [4.78, 5) is 29.8. The molecule has 0 spiro atoms. The molecule has 5 heteroatoms. The Hall–Kier alpha value is -2.66. The molecule has 0 bridgehead atoms. The SMILES string of the molecule is Cc1ccc(-n2ccnc(S[C@@H](C)C(=O)c3ccc(C)c(C)c3)c2=O)cc1. The van der Waals surface area contributed by atoms with Gasteiger partial charge in [0.1, 0.15) is 0 Å². The van der Waals surface area contributed by atoms with E-state index < -0.39 is 5.25 Å². The van der Waals surface area contributed by atoms with Crippen molar-refractivity contribution in [3.05, 3.63) is 87.5 Å². The van der Waals surface area contributed by atoms with Crippen molar-refractivity contribution < 1.29 is 4.79 Å². The number of hydrogen-bond donors (Lipinski definition) is 0. The van der Waals surface area contributed by atoms with Crippen LogP contribution in [0.1, 0.15) is 34.0 Å². The Balaban J connectivity index is 1.86. The lowest BCUT2D eigenvalue weighted by molar-refractivity contribution is 0.0994. The molecule has 1 atom stereocenters. The molecule has 3 rings (SSSR count). The predicted molar refractivity (Wildman–Crippen MR) is 110 cm³/mol. The molecule has 138 valence electrons. The first-order valence-corrected chi connectivity index (χ1v) is 9.67. The monoisotopic (exact) mass is 378 g/mol. The van der Waals surface area contributed by atoms with E-state index in [1.165, 1.54) is 11.8 Å². The fourth-order valence-electron chi connectivity index (χ4n) is 2.73. The summed E-state index contributed by atoms with van der Waals surface area (Å²) in [5, 5.41) is -0.0797. The van der Waals surface area contributed by atoms with Gasteiger partial charge in [0.15, 0.2) is 10.8 Å². The van der Waals surface area contributed by atoms with Crippen LogP contribution in [-0.2, 0) is 0 Å². The largest absolute Gasteiger partial charge is 0.293 e. The normalized spacial score (nSPS) is 12.0. The lowest BCUT2D eigenvalue weighted by atomic mass is 10.0. The second-order valence-corrected chi connectivity index (χ2v) is 8.00. The molecule has 0 amide bonds. The Morgan fingerprint density at radius 1 is 1.04 bits per heavy atom. The lowest BCUT2D eigenvalue weighted by Crippen LogP contribution is -2.23. The molecule has 0 saturated heterocycles. The van der Waals surface area contributed by atoms with E-state index in [4.69, 9.17) is 0 Å². The number of Topliss-reactive ketones (excluding diaryl/α,β-unsaturated/α-hetero) is 1. The first-order chi connectivity index (χ1) is 12.9. The molecule has 0 fully saturated rings. The van der Waals surface area contributed by atoms with Gasteiger partial charge in [0.25, 0.3) is 5.56 Å². The first-order valence-electron chi connectivity index (χ1n) is 8.79. The second-order valence-electron chi connectivity index (χ2n) is 6.67. The zero-order valence-corrected chi connectivity index (χ0v) is 16.7. The van der Waals surface area contributed by atoms with Crippen molar-refractivity contribution in [1.82, 2.24) is 9.55 Å². The van der Waals surface area contributed by atoms with E-state index in [1.54, 1.807) is 17.0 Å². The Labute approximate surface area is 163 Å². The number of ketones is 1. The molecule has 0 aliphatic carbocycles. The highest BCUT2D eigenvalue weighted by Gasteiger charge is 2.20. The molecule has 3 aromatic rings. The Morgan fingerprint density at radius 3 is 2.41 bits per heavy atom. The zero-order valence-electron chi connectivity index (χ0n) is 15.9. The zero-order chi connectivity index (χ0) is 19.6. The van der Waals surface area contributed by atoms with Gasteiger partial charge >= 0.3 is 0 Å². The molecule has 2 aromatic carbocycles. The quantitative estimate of drug-likeness (QED) is 0.484. The lowest BCUT2D eigenvalue weighted by Gasteiger charge is -2.12. The van der Waals surface area contributed by atoms with Crippen LogP contribution in [0.4, 0.5) is 0 Å². The van der Waals surface area contributed by atoms with E-state index in [-0.39, 0.29) is 11.3 Å². The Morgan fingerprint density at radius 2 is 1.74 bits per heavy atom. The van der Waals surface area contributed by atoms with E-state index >= 15 is 0 Å². The van der Waals surface area contributed by atoms with Crippen LogP contribution in [0.5, 0.6) is 0 Å². The molecule has 27 heavy (non-hydrogen) atoms. The van der Waals surface area contributed by atoms with Gasteiger partial charge in [-0.1, -0.05) is 41.6 Å². The highest BCUT2D eigenvalue weighted by atomic mass is 32.2. The molecule has 0 saturated carbocycles. The van der Waals surface area contributed by atoms with E-state index in [0.717, 1.165) is 22.4 Å². The Kier molecular flexibility index (Phi) is 5.61. The summed E-state index contributed by atoms with van der Waals surface area (Å²) in [7, 11) is 0. The van der Waals surface area contributed by atoms with E-state index in [2.05, 4.69) is 4.98 Å². The third kappa shape index (κ3) is 4.19. The number of carbonyl (C=O) groups is 1. The minimum absolute atomic E-state index is 0.00459. The van der Waals surface area contributed by atoms with Crippen molar-refractivity contribution in [1.29, 1.82) is 0 Å². The molecule has 0 radical (unpaired) electrons. The smallest absolute Gasteiger partial charge is 0.287 e. The van der Waals surface area contributed by atoms with Gasteiger partial charge in [-0.2, -0.15) is 0 Å². The third-order valence-corrected chi connectivity index (χ3v) is 5.64. The average Bonchev–Trinajstić information content (AvgIpc) is 2.66. The standard InChI is InChI=1S/C22H22N2O2S/c1-14-5-9-19(10-6-14)24-12-11-23-21(22(24)26)27-17(4)20(25)18-8-7-15(2)16(3)13-18/h5-13,17H,1-4H3/t17-/m0/s1. The van der Waals surface area contributed by atoms with Crippen LogP contribution in [0.15, 0.2) is 64.7 Å². The van der Waals surface area contributed by atoms with Crippen LogP contribution in [0.25, 0.3) is 5.69 Å². The molecule has 0 aliphatic heterocycles. The van der Waals surface area contributed by atoms with Gasteiger partial charge in [-0.15, -0.1) is 0 Å². The topological polar surface area (TPSA) is 52.0 Å². The molecular weight excluding hydrogens is 356 g/mol. The van der Waals surface area contributed by atoms with Gasteiger partial charge < -0.3 is 0 Å². The number of benzene rings is 2. The maximum atomic E-state index is 12.8. The van der Waals surface area contributed by atoms with E-state index in [1.807, 2.05) is 70.2 Å². The van der Waals surface area contributed by atoms with Gasteiger partial charge in [0, 0.05) is 23.6 Å². The maximum absolute atomic E-state index is 12.8. The van der Waals surface area contributed by atoms with Crippen molar-refractivity contribution in [3.8, 4) is 5.69 Å². The van der Waals surface area contributed by atoms with Crippen LogP contribution in [0, 0.1) is 20.8 Å². The van der Waals surface area contributed by atoms with Crippen molar-refractivity contribution in [3.63, 3.8) is 0 Å². The van der Waals surface area contributed by atoms with Gasteiger partial charge in [-0.25, -0.2) is 4.98 Å². The molecule has 1 aromatic heterocycles. The van der Waals surface area contributed by atoms with Crippen LogP contribution in [-0.4, -0.2) is 20.6 Å². The second kappa shape index (κ2) is 7.92. The molecule has 1 heterocycles. The first kappa shape index (κ1) is 19.1. The van der Waals surface area contributed by atoms with Crippen molar-refractivity contribution in [2.24, 2.45) is 0 Å². The summed E-state index contributed by atoms with van der Waals surface area (Å²) in [6.07, 6.45) is 3.24. The number of hydrogen-bond acceptors (Lipinski definition) is 4. The van der Waals surface area contributed by atoms with Gasteiger partial charge in [0.2, 0.25) is 0 Å². The highest BCUT2D eigenvalue weighted by Crippen LogP contribution is 2.23. The maximum Gasteiger partial charge on any atom is 0.287 e. The number of carbonyl (C=O) groups excluding carboxylic acids is 1. The fraction of sp³-hybridized carbons (Fsp3) is 0.227. The highest BCUT2D eigenvalue weighted by molar-refractivity contribution is 8.00. The van der Waals surface area contributed by atoms with Crippen molar-refractivity contribution in [2.45, 2.75) is 38.0 Å². The molecule has 4 nitrogen and oxygen atoms in total. The molecule has 0 unspecified atom stereocenters. The van der Waals surface area contributed by atoms with Gasteiger partial charge in [-0.05, 0) is 57.0 Å². The van der Waals surface area contributed by atoms with Crippen LogP contribution >= 0.6 is 11.8 Å². The number of aromatic nitrogens is 2. The summed E-state index contributed by atoms with van der Waals surface area (Å²) >= 11 is 1.20. The molecule has 0 aliphatic rings. The van der Waals surface area contributed by atoms with Gasteiger partial charge in [0.05, 0.1) is 5.25 Å².